The summed E-state index contributed by atoms with van der Waals surface area (Å²) >= 11 is 0. The Hall–Kier alpha value is -3.07. The topological polar surface area (TPSA) is 199 Å². The normalized spacial score (nSPS) is 31.0. The minimum Gasteiger partial charge on any atom is -0.508 e. The maximum absolute atomic E-state index is 12.7. The van der Waals surface area contributed by atoms with Gasteiger partial charge in [0, 0.05) is 24.7 Å². The molecule has 2 heterocycles. The molecule has 0 spiro atoms. The SMILES string of the molecule is COC(=O)C1=CO[C@H](O[C@@H]2O[C@H](CO)[C@@H](O)[C@@H](O)[C@@H]2O)[C@@H](CC=O)[C@@H]1CC(=O)OCCc1ccc(O)cc1. The van der Waals surface area contributed by atoms with E-state index in [0.717, 1.165) is 18.9 Å². The summed E-state index contributed by atoms with van der Waals surface area (Å²) in [7, 11) is 1.14. The third kappa shape index (κ3) is 7.07. The van der Waals surface area contributed by atoms with Gasteiger partial charge in [-0.2, -0.15) is 0 Å². The Labute approximate surface area is 218 Å². The van der Waals surface area contributed by atoms with Gasteiger partial charge in [0.2, 0.25) is 6.29 Å². The molecule has 0 radical (unpaired) electrons. The van der Waals surface area contributed by atoms with Crippen LogP contribution in [-0.4, -0.2) is 101 Å². The van der Waals surface area contributed by atoms with Crippen molar-refractivity contribution in [2.24, 2.45) is 11.8 Å². The first-order valence-corrected chi connectivity index (χ1v) is 12.0. The van der Waals surface area contributed by atoms with Gasteiger partial charge in [-0.1, -0.05) is 12.1 Å². The quantitative estimate of drug-likeness (QED) is 0.168. The number of aldehydes is 1. The first-order chi connectivity index (χ1) is 18.2. The number of carbonyl (C=O) groups excluding carboxylic acids is 3. The van der Waals surface area contributed by atoms with Crippen LogP contribution in [0.25, 0.3) is 0 Å². The molecule has 0 aliphatic carbocycles. The van der Waals surface area contributed by atoms with Crippen LogP contribution >= 0.6 is 0 Å². The van der Waals surface area contributed by atoms with Gasteiger partial charge in [0.05, 0.1) is 38.6 Å². The number of esters is 2. The second kappa shape index (κ2) is 13.6. The van der Waals surface area contributed by atoms with Crippen LogP contribution in [0.4, 0.5) is 0 Å². The maximum atomic E-state index is 12.7. The number of aliphatic hydroxyl groups excluding tert-OH is 4. The summed E-state index contributed by atoms with van der Waals surface area (Å²) in [6, 6.07) is 6.38. The highest BCUT2D eigenvalue weighted by Gasteiger charge is 2.48. The summed E-state index contributed by atoms with van der Waals surface area (Å²) in [4.78, 5) is 36.7. The lowest BCUT2D eigenvalue weighted by atomic mass is 9.80. The third-order valence-corrected chi connectivity index (χ3v) is 6.48. The van der Waals surface area contributed by atoms with E-state index in [4.69, 9.17) is 23.7 Å². The number of rotatable bonds is 11. The van der Waals surface area contributed by atoms with Crippen molar-refractivity contribution in [3.05, 3.63) is 41.7 Å². The lowest BCUT2D eigenvalue weighted by molar-refractivity contribution is -0.341. The first-order valence-electron chi connectivity index (χ1n) is 12.0. The Balaban J connectivity index is 1.73. The Kier molecular flexibility index (Phi) is 10.6. The van der Waals surface area contributed by atoms with E-state index in [1.54, 1.807) is 12.1 Å². The van der Waals surface area contributed by atoms with Crippen LogP contribution in [0.15, 0.2) is 36.1 Å². The van der Waals surface area contributed by atoms with Gasteiger partial charge < -0.3 is 54.0 Å². The molecule has 13 heteroatoms. The molecule has 13 nitrogen and oxygen atoms in total. The molecule has 1 saturated heterocycles. The van der Waals surface area contributed by atoms with Gasteiger partial charge in [-0.05, 0) is 17.7 Å². The van der Waals surface area contributed by atoms with Crippen molar-refractivity contribution in [1.29, 1.82) is 0 Å². The molecule has 0 unspecified atom stereocenters. The maximum Gasteiger partial charge on any atom is 0.337 e. The molecule has 0 bridgehead atoms. The molecule has 1 aromatic carbocycles. The van der Waals surface area contributed by atoms with Crippen LogP contribution in [0.2, 0.25) is 0 Å². The van der Waals surface area contributed by atoms with Crippen LogP contribution < -0.4 is 0 Å². The highest BCUT2D eigenvalue weighted by atomic mass is 16.8. The third-order valence-electron chi connectivity index (χ3n) is 6.48. The van der Waals surface area contributed by atoms with Gasteiger partial charge >= 0.3 is 11.9 Å². The Morgan fingerprint density at radius 3 is 2.39 bits per heavy atom. The zero-order valence-electron chi connectivity index (χ0n) is 20.6. The lowest BCUT2D eigenvalue weighted by Crippen LogP contribution is -2.60. The Morgan fingerprint density at radius 2 is 1.76 bits per heavy atom. The average Bonchev–Trinajstić information content (AvgIpc) is 2.91. The fourth-order valence-corrected chi connectivity index (χ4v) is 4.34. The monoisotopic (exact) mass is 540 g/mol. The summed E-state index contributed by atoms with van der Waals surface area (Å²) in [5.74, 6) is -3.25. The number of benzene rings is 1. The van der Waals surface area contributed by atoms with E-state index in [0.29, 0.717) is 12.7 Å². The van der Waals surface area contributed by atoms with Crippen molar-refractivity contribution in [2.75, 3.05) is 20.3 Å². The van der Waals surface area contributed by atoms with Gasteiger partial charge in [0.15, 0.2) is 6.29 Å². The van der Waals surface area contributed by atoms with Crippen LogP contribution in [0.1, 0.15) is 18.4 Å². The Morgan fingerprint density at radius 1 is 1.05 bits per heavy atom. The van der Waals surface area contributed by atoms with Gasteiger partial charge in [0.1, 0.15) is 36.5 Å². The fraction of sp³-hybridized carbons (Fsp3) is 0.560. The largest absolute Gasteiger partial charge is 0.508 e. The number of methoxy groups -OCH3 is 1. The number of hydrogen-bond acceptors (Lipinski definition) is 13. The first kappa shape index (κ1) is 29.5. The predicted molar refractivity (Wildman–Crippen MR) is 125 cm³/mol. The molecule has 2 aliphatic heterocycles. The second-order valence-corrected chi connectivity index (χ2v) is 8.92. The van der Waals surface area contributed by atoms with Crippen molar-refractivity contribution >= 4 is 18.2 Å². The zero-order chi connectivity index (χ0) is 27.8. The van der Waals surface area contributed by atoms with Crippen molar-refractivity contribution in [3.63, 3.8) is 0 Å². The number of hydrogen-bond donors (Lipinski definition) is 5. The van der Waals surface area contributed by atoms with Crippen molar-refractivity contribution in [3.8, 4) is 5.75 Å². The van der Waals surface area contributed by atoms with Crippen LogP contribution in [0, 0.1) is 11.8 Å². The lowest BCUT2D eigenvalue weighted by Gasteiger charge is -2.43. The fourth-order valence-electron chi connectivity index (χ4n) is 4.34. The second-order valence-electron chi connectivity index (χ2n) is 8.92. The number of aliphatic hydroxyl groups is 4. The molecule has 210 valence electrons. The molecule has 1 aromatic rings. The molecule has 2 aliphatic rings. The van der Waals surface area contributed by atoms with E-state index in [1.807, 2.05) is 0 Å². The minimum atomic E-state index is -1.73. The molecule has 38 heavy (non-hydrogen) atoms. The van der Waals surface area contributed by atoms with Crippen molar-refractivity contribution in [2.45, 2.75) is 56.3 Å². The summed E-state index contributed by atoms with van der Waals surface area (Å²) in [5, 5.41) is 49.1. The predicted octanol–water partition coefficient (Wildman–Crippen LogP) is -1.08. The number of carbonyl (C=O) groups is 3. The van der Waals surface area contributed by atoms with E-state index in [-0.39, 0.29) is 30.8 Å². The molecular weight excluding hydrogens is 508 g/mol. The van der Waals surface area contributed by atoms with Crippen LogP contribution in [0.5, 0.6) is 5.75 Å². The highest BCUT2D eigenvalue weighted by molar-refractivity contribution is 5.90. The number of aromatic hydroxyl groups is 1. The molecule has 0 aromatic heterocycles. The Bertz CT molecular complexity index is 976. The van der Waals surface area contributed by atoms with E-state index in [2.05, 4.69) is 0 Å². The molecule has 1 fully saturated rings. The van der Waals surface area contributed by atoms with Crippen molar-refractivity contribution in [1.82, 2.24) is 0 Å². The summed E-state index contributed by atoms with van der Waals surface area (Å²) in [6.45, 7) is -0.660. The van der Waals surface area contributed by atoms with Crippen LogP contribution in [0.3, 0.4) is 0 Å². The van der Waals surface area contributed by atoms with Crippen LogP contribution in [-0.2, 0) is 44.5 Å². The van der Waals surface area contributed by atoms with Gasteiger partial charge in [0.25, 0.3) is 0 Å². The minimum absolute atomic E-state index is 0.0211. The van der Waals surface area contributed by atoms with E-state index in [1.165, 1.54) is 12.1 Å². The van der Waals surface area contributed by atoms with Gasteiger partial charge in [-0.15, -0.1) is 0 Å². The summed E-state index contributed by atoms with van der Waals surface area (Å²) < 4.78 is 26.6. The van der Waals surface area contributed by atoms with E-state index >= 15 is 0 Å². The molecule has 0 saturated carbocycles. The molecule has 8 atom stereocenters. The molecular formula is C25H32O13. The average molecular weight is 541 g/mol. The standard InChI is InChI=1S/C25H32O13/c1-34-23(33)17-12-36-24(38-25-22(32)21(31)20(30)18(11-27)37-25)15(6-8-26)16(17)10-19(29)35-9-7-13-2-4-14(28)5-3-13/h2-5,8,12,15-16,18,20-22,24-25,27-28,30-32H,6-7,9-11H2,1H3/t15-,16-,18+,20+,21+,22-,24+,25-/m0/s1. The van der Waals surface area contributed by atoms with Gasteiger partial charge in [-0.3, -0.25) is 4.79 Å². The molecule has 3 rings (SSSR count). The highest BCUT2D eigenvalue weighted by Crippen LogP contribution is 2.38. The molecule has 0 amide bonds. The van der Waals surface area contributed by atoms with Crippen molar-refractivity contribution < 1.29 is 63.6 Å². The smallest absolute Gasteiger partial charge is 0.337 e. The summed E-state index contributed by atoms with van der Waals surface area (Å²) in [6.07, 6.45) is -7.83. The number of phenolic OH excluding ortho intramolecular Hbond substituents is 1. The van der Waals surface area contributed by atoms with E-state index in [9.17, 15) is 39.9 Å². The summed E-state index contributed by atoms with van der Waals surface area (Å²) in [5.41, 5.74) is 0.784. The van der Waals surface area contributed by atoms with Gasteiger partial charge in [-0.25, -0.2) is 4.79 Å². The zero-order valence-corrected chi connectivity index (χ0v) is 20.6. The number of phenols is 1. The van der Waals surface area contributed by atoms with E-state index < -0.39 is 67.4 Å². The number of ether oxygens (including phenoxy) is 5. The molecule has 5 N–H and O–H groups in total.